The second-order valence-corrected chi connectivity index (χ2v) is 8.10. The molecule has 1 fully saturated rings. The number of rotatable bonds is 8. The fraction of sp³-hybridized carbons (Fsp3) is 0.241. The van der Waals surface area contributed by atoms with Crippen molar-refractivity contribution in [1.29, 1.82) is 0 Å². The summed E-state index contributed by atoms with van der Waals surface area (Å²) in [6.07, 6.45) is 6.59. The Hall–Kier alpha value is -3.26. The van der Waals surface area contributed by atoms with Gasteiger partial charge < -0.3 is 9.80 Å². The zero-order valence-corrected chi connectivity index (χ0v) is 18.5. The summed E-state index contributed by atoms with van der Waals surface area (Å²) in [7, 11) is 0. The van der Waals surface area contributed by atoms with Gasteiger partial charge in [0.05, 0.1) is 0 Å². The van der Waals surface area contributed by atoms with Crippen LogP contribution in [0, 0.1) is 0 Å². The van der Waals surface area contributed by atoms with Crippen LogP contribution in [-0.2, 0) is 6.54 Å². The van der Waals surface area contributed by atoms with Crippen LogP contribution in [0.3, 0.4) is 0 Å². The topological polar surface area (TPSA) is 6.48 Å². The number of nitrogens with zero attached hydrogens (tertiary/aromatic N) is 2. The van der Waals surface area contributed by atoms with Gasteiger partial charge in [-0.25, -0.2) is 0 Å². The molecule has 2 heteroatoms. The molecular weight excluding hydrogens is 376 g/mol. The van der Waals surface area contributed by atoms with E-state index in [9.17, 15) is 0 Å². The van der Waals surface area contributed by atoms with E-state index in [0.29, 0.717) is 0 Å². The molecule has 4 rings (SSSR count). The molecule has 3 aromatic rings. The average Bonchev–Trinajstić information content (AvgIpc) is 3.37. The molecule has 0 aromatic heterocycles. The van der Waals surface area contributed by atoms with Gasteiger partial charge in [0.1, 0.15) is 0 Å². The second kappa shape index (κ2) is 10.2. The largest absolute Gasteiger partial charge is 0.372 e. The lowest BCUT2D eigenvalue weighted by atomic mass is 9.96. The first-order valence-electron chi connectivity index (χ1n) is 11.4. The summed E-state index contributed by atoms with van der Waals surface area (Å²) in [4.78, 5) is 4.88. The monoisotopic (exact) mass is 408 g/mol. The van der Waals surface area contributed by atoms with Crippen LogP contribution >= 0.6 is 0 Å². The molecule has 1 aliphatic rings. The van der Waals surface area contributed by atoms with Crippen LogP contribution in [0.15, 0.2) is 97.6 Å². The molecule has 1 heterocycles. The number of benzene rings is 3. The highest BCUT2D eigenvalue weighted by molar-refractivity contribution is 5.82. The molecule has 1 saturated heterocycles. The van der Waals surface area contributed by atoms with E-state index in [1.165, 1.54) is 59.6 Å². The molecule has 0 radical (unpaired) electrons. The van der Waals surface area contributed by atoms with E-state index in [0.717, 1.165) is 13.1 Å². The SMILES string of the molecule is C=CC=C(c1ccc(N2CCCC2)cc1)c1ccc(N(CC)Cc2ccccc2)cc1. The quantitative estimate of drug-likeness (QED) is 0.373. The van der Waals surface area contributed by atoms with Gasteiger partial charge in [0, 0.05) is 37.6 Å². The summed E-state index contributed by atoms with van der Waals surface area (Å²) in [5.74, 6) is 0. The second-order valence-electron chi connectivity index (χ2n) is 8.10. The normalized spacial score (nSPS) is 14.0. The zero-order chi connectivity index (χ0) is 21.5. The predicted octanol–water partition coefficient (Wildman–Crippen LogP) is 6.93. The predicted molar refractivity (Wildman–Crippen MR) is 135 cm³/mol. The Morgan fingerprint density at radius 2 is 1.48 bits per heavy atom. The number of hydrogen-bond donors (Lipinski definition) is 0. The van der Waals surface area contributed by atoms with Gasteiger partial charge in [-0.15, -0.1) is 0 Å². The van der Waals surface area contributed by atoms with E-state index in [-0.39, 0.29) is 0 Å². The van der Waals surface area contributed by atoms with E-state index in [1.807, 2.05) is 6.08 Å². The molecule has 1 aliphatic heterocycles. The highest BCUT2D eigenvalue weighted by Crippen LogP contribution is 2.29. The van der Waals surface area contributed by atoms with Gasteiger partial charge >= 0.3 is 0 Å². The Labute approximate surface area is 187 Å². The Bertz CT molecular complexity index is 995. The van der Waals surface area contributed by atoms with Gasteiger partial charge in [-0.1, -0.05) is 73.3 Å². The van der Waals surface area contributed by atoms with Gasteiger partial charge in [-0.3, -0.25) is 0 Å². The van der Waals surface area contributed by atoms with Crippen LogP contribution in [-0.4, -0.2) is 19.6 Å². The first-order valence-corrected chi connectivity index (χ1v) is 11.4. The van der Waals surface area contributed by atoms with Crippen molar-refractivity contribution >= 4 is 16.9 Å². The molecule has 0 aliphatic carbocycles. The van der Waals surface area contributed by atoms with E-state index in [2.05, 4.69) is 108 Å². The van der Waals surface area contributed by atoms with E-state index in [4.69, 9.17) is 0 Å². The van der Waals surface area contributed by atoms with E-state index < -0.39 is 0 Å². The van der Waals surface area contributed by atoms with Crippen LogP contribution in [0.25, 0.3) is 5.57 Å². The smallest absolute Gasteiger partial charge is 0.0429 e. The molecular formula is C29H32N2. The molecule has 0 spiro atoms. The van der Waals surface area contributed by atoms with Crippen LogP contribution in [0.2, 0.25) is 0 Å². The van der Waals surface area contributed by atoms with Crippen LogP contribution in [0.1, 0.15) is 36.5 Å². The summed E-state index contributed by atoms with van der Waals surface area (Å²) in [6.45, 7) is 10.4. The molecule has 3 aromatic carbocycles. The average molecular weight is 409 g/mol. The minimum atomic E-state index is 0.921. The Morgan fingerprint density at radius 1 is 0.871 bits per heavy atom. The summed E-state index contributed by atoms with van der Waals surface area (Å²) >= 11 is 0. The summed E-state index contributed by atoms with van der Waals surface area (Å²) in [6, 6.07) is 28.6. The third-order valence-electron chi connectivity index (χ3n) is 6.08. The minimum Gasteiger partial charge on any atom is -0.372 e. The van der Waals surface area contributed by atoms with Crippen LogP contribution < -0.4 is 9.80 Å². The molecule has 0 atom stereocenters. The zero-order valence-electron chi connectivity index (χ0n) is 18.5. The molecule has 0 amide bonds. The van der Waals surface area contributed by atoms with Crippen molar-refractivity contribution < 1.29 is 0 Å². The number of hydrogen-bond acceptors (Lipinski definition) is 2. The first-order chi connectivity index (χ1) is 15.3. The lowest BCUT2D eigenvalue weighted by Crippen LogP contribution is -2.21. The summed E-state index contributed by atoms with van der Waals surface area (Å²) < 4.78 is 0. The molecule has 158 valence electrons. The van der Waals surface area contributed by atoms with Gasteiger partial charge in [0.2, 0.25) is 0 Å². The third-order valence-corrected chi connectivity index (χ3v) is 6.08. The molecule has 0 bridgehead atoms. The third kappa shape index (κ3) is 5.08. The van der Waals surface area contributed by atoms with Crippen molar-refractivity contribution in [3.63, 3.8) is 0 Å². The van der Waals surface area contributed by atoms with Crippen molar-refractivity contribution in [2.45, 2.75) is 26.3 Å². The molecule has 0 unspecified atom stereocenters. The highest BCUT2D eigenvalue weighted by atomic mass is 15.1. The molecule has 0 N–H and O–H groups in total. The van der Waals surface area contributed by atoms with Gasteiger partial charge in [-0.05, 0) is 66.3 Å². The van der Waals surface area contributed by atoms with Gasteiger partial charge in [0.15, 0.2) is 0 Å². The van der Waals surface area contributed by atoms with Crippen molar-refractivity contribution in [2.24, 2.45) is 0 Å². The fourth-order valence-corrected chi connectivity index (χ4v) is 4.35. The Balaban J connectivity index is 1.53. The molecule has 31 heavy (non-hydrogen) atoms. The standard InChI is InChI=1S/C29H32N2/c1-3-10-29(26-15-19-28(20-16-26)31-21-8-9-22-31)25-13-17-27(18-14-25)30(4-2)23-24-11-6-5-7-12-24/h3,5-7,10-20H,1,4,8-9,21-23H2,2H3. The van der Waals surface area contributed by atoms with Crippen LogP contribution in [0.5, 0.6) is 0 Å². The fourth-order valence-electron chi connectivity index (χ4n) is 4.35. The number of anilines is 2. The Morgan fingerprint density at radius 3 is 2.06 bits per heavy atom. The number of allylic oxidation sites excluding steroid dienone is 2. The van der Waals surface area contributed by atoms with Crippen molar-refractivity contribution in [3.05, 3.63) is 114 Å². The summed E-state index contributed by atoms with van der Waals surface area (Å²) in [5, 5.41) is 0. The minimum absolute atomic E-state index is 0.921. The molecule has 0 saturated carbocycles. The van der Waals surface area contributed by atoms with Crippen molar-refractivity contribution in [1.82, 2.24) is 0 Å². The molecule has 2 nitrogen and oxygen atoms in total. The van der Waals surface area contributed by atoms with Gasteiger partial charge in [-0.2, -0.15) is 0 Å². The maximum Gasteiger partial charge on any atom is 0.0429 e. The van der Waals surface area contributed by atoms with E-state index >= 15 is 0 Å². The van der Waals surface area contributed by atoms with Crippen molar-refractivity contribution in [2.75, 3.05) is 29.4 Å². The maximum absolute atomic E-state index is 3.95. The van der Waals surface area contributed by atoms with Crippen LogP contribution in [0.4, 0.5) is 11.4 Å². The Kier molecular flexibility index (Phi) is 6.89. The highest BCUT2D eigenvalue weighted by Gasteiger charge is 2.13. The van der Waals surface area contributed by atoms with E-state index in [1.54, 1.807) is 0 Å². The lowest BCUT2D eigenvalue weighted by molar-refractivity contribution is 0.832. The van der Waals surface area contributed by atoms with Gasteiger partial charge in [0.25, 0.3) is 0 Å². The maximum atomic E-state index is 3.95. The summed E-state index contributed by atoms with van der Waals surface area (Å²) in [5.41, 5.74) is 7.56. The lowest BCUT2D eigenvalue weighted by Gasteiger charge is -2.24. The first kappa shape index (κ1) is 21.0. The van der Waals surface area contributed by atoms with Crippen molar-refractivity contribution in [3.8, 4) is 0 Å².